The molecule has 0 aliphatic heterocycles. The minimum atomic E-state index is -4.68. The summed E-state index contributed by atoms with van der Waals surface area (Å²) in [6.07, 6.45) is -9.32. The first-order chi connectivity index (χ1) is 11.5. The molecule has 0 fully saturated rings. The van der Waals surface area contributed by atoms with E-state index in [0.717, 1.165) is 37.4 Å². The molecule has 0 radical (unpaired) electrons. The lowest BCUT2D eigenvalue weighted by molar-refractivity contribution is -0.138. The highest BCUT2D eigenvalue weighted by atomic mass is 35.5. The third-order valence-electron chi connectivity index (χ3n) is 3.18. The van der Waals surface area contributed by atoms with Crippen molar-refractivity contribution >= 4 is 24.0 Å². The van der Waals surface area contributed by atoms with E-state index in [2.05, 4.69) is 5.32 Å². The summed E-state index contributed by atoms with van der Waals surface area (Å²) in [7, 11) is 1.15. The smallest absolute Gasteiger partial charge is 0.416 e. The fourth-order valence-corrected chi connectivity index (χ4v) is 1.99. The van der Waals surface area contributed by atoms with E-state index < -0.39 is 29.4 Å². The number of benzene rings is 2. The van der Waals surface area contributed by atoms with Crippen molar-refractivity contribution in [1.29, 1.82) is 0 Å². The fourth-order valence-electron chi connectivity index (χ4n) is 1.99. The molecule has 0 aliphatic carbocycles. The third-order valence-corrected chi connectivity index (χ3v) is 3.18. The summed E-state index contributed by atoms with van der Waals surface area (Å²) in [4.78, 5) is 12.1. The Morgan fingerprint density at radius 3 is 2.08 bits per heavy atom. The quantitative estimate of drug-likeness (QED) is 0.701. The summed E-state index contributed by atoms with van der Waals surface area (Å²) < 4.78 is 81.3. The lowest BCUT2D eigenvalue weighted by Crippen LogP contribution is -2.15. The van der Waals surface area contributed by atoms with Crippen LogP contribution in [0.2, 0.25) is 0 Å². The average molecular weight is 400 g/mol. The summed E-state index contributed by atoms with van der Waals surface area (Å²) in [6, 6.07) is 6.07. The van der Waals surface area contributed by atoms with Gasteiger partial charge in [0.1, 0.15) is 5.75 Å². The zero-order chi connectivity index (χ0) is 18.8. The molecule has 2 rings (SSSR count). The molecule has 142 valence electrons. The van der Waals surface area contributed by atoms with E-state index in [1.165, 1.54) is 0 Å². The van der Waals surface area contributed by atoms with E-state index >= 15 is 0 Å². The molecule has 1 N–H and O–H groups in total. The third kappa shape index (κ3) is 5.29. The second kappa shape index (κ2) is 7.86. The van der Waals surface area contributed by atoms with Crippen molar-refractivity contribution in [2.45, 2.75) is 12.4 Å². The molecule has 26 heavy (non-hydrogen) atoms. The molecule has 0 atom stereocenters. The number of anilines is 1. The van der Waals surface area contributed by atoms with Gasteiger partial charge in [-0.25, -0.2) is 0 Å². The lowest BCUT2D eigenvalue weighted by atomic mass is 10.1. The second-order valence-electron chi connectivity index (χ2n) is 4.98. The van der Waals surface area contributed by atoms with Gasteiger partial charge >= 0.3 is 12.4 Å². The van der Waals surface area contributed by atoms with Crippen LogP contribution in [-0.2, 0) is 12.4 Å². The van der Waals surface area contributed by atoms with Crippen LogP contribution in [0.3, 0.4) is 0 Å². The van der Waals surface area contributed by atoms with Crippen molar-refractivity contribution in [2.24, 2.45) is 0 Å². The minimum absolute atomic E-state index is 0. The number of carbonyl (C=O) groups excluding carboxylic acids is 1. The highest BCUT2D eigenvalue weighted by molar-refractivity contribution is 6.04. The molecule has 10 heteroatoms. The van der Waals surface area contributed by atoms with Crippen LogP contribution in [-0.4, -0.2) is 13.0 Å². The summed E-state index contributed by atoms with van der Waals surface area (Å²) in [6.45, 7) is 0. The molecule has 0 aromatic heterocycles. The van der Waals surface area contributed by atoms with Gasteiger partial charge in [0, 0.05) is 17.3 Å². The van der Waals surface area contributed by atoms with Crippen LogP contribution in [0, 0.1) is 0 Å². The van der Waals surface area contributed by atoms with E-state index in [9.17, 15) is 31.1 Å². The number of carbonyl (C=O) groups is 1. The number of halogens is 7. The topological polar surface area (TPSA) is 38.3 Å². The Labute approximate surface area is 150 Å². The number of nitrogens with one attached hydrogen (secondary N) is 1. The summed E-state index contributed by atoms with van der Waals surface area (Å²) in [5.74, 6) is -1.14. The molecule has 0 bridgehead atoms. The van der Waals surface area contributed by atoms with E-state index in [-0.39, 0.29) is 29.4 Å². The summed E-state index contributed by atoms with van der Waals surface area (Å²) in [5.41, 5.74) is -2.70. The van der Waals surface area contributed by atoms with E-state index in [1.54, 1.807) is 0 Å². The molecule has 0 saturated carbocycles. The predicted octanol–water partition coefficient (Wildman–Crippen LogP) is 5.41. The van der Waals surface area contributed by atoms with Gasteiger partial charge in [-0.2, -0.15) is 26.3 Å². The Hall–Kier alpha value is -2.42. The zero-order valence-corrected chi connectivity index (χ0v) is 13.9. The molecule has 0 unspecified atom stereocenters. The Kier molecular flexibility index (Phi) is 6.54. The Balaban J connectivity index is 0.00000338. The molecule has 0 heterocycles. The number of amides is 1. The van der Waals surface area contributed by atoms with Gasteiger partial charge in [0.25, 0.3) is 5.91 Å². The zero-order valence-electron chi connectivity index (χ0n) is 13.0. The monoisotopic (exact) mass is 399 g/mol. The van der Waals surface area contributed by atoms with Crippen molar-refractivity contribution in [3.05, 3.63) is 59.2 Å². The lowest BCUT2D eigenvalue weighted by Gasteiger charge is -2.13. The Bertz CT molecular complexity index is 789. The number of rotatable bonds is 3. The first-order valence-electron chi connectivity index (χ1n) is 6.75. The van der Waals surface area contributed by atoms with Crippen molar-refractivity contribution in [1.82, 2.24) is 0 Å². The predicted molar refractivity (Wildman–Crippen MR) is 84.6 cm³/mol. The highest BCUT2D eigenvalue weighted by Crippen LogP contribution is 2.34. The largest absolute Gasteiger partial charge is 0.497 e. The molecule has 2 aromatic rings. The van der Waals surface area contributed by atoms with Crippen LogP contribution >= 0.6 is 12.4 Å². The number of ether oxygens (including phenoxy) is 1. The molecule has 0 spiro atoms. The van der Waals surface area contributed by atoms with Gasteiger partial charge in [0.15, 0.2) is 0 Å². The van der Waals surface area contributed by atoms with Gasteiger partial charge < -0.3 is 10.1 Å². The Morgan fingerprint density at radius 2 is 1.54 bits per heavy atom. The number of hydrogen-bond acceptors (Lipinski definition) is 2. The summed E-state index contributed by atoms with van der Waals surface area (Å²) >= 11 is 0. The number of methoxy groups -OCH3 is 1. The van der Waals surface area contributed by atoms with E-state index in [4.69, 9.17) is 4.74 Å². The number of alkyl halides is 6. The second-order valence-corrected chi connectivity index (χ2v) is 4.98. The number of hydrogen-bond donors (Lipinski definition) is 1. The Morgan fingerprint density at radius 1 is 0.923 bits per heavy atom. The maximum Gasteiger partial charge on any atom is 0.416 e. The molecule has 1 amide bonds. The normalized spacial score (nSPS) is 11.5. The first kappa shape index (κ1) is 21.6. The van der Waals surface area contributed by atoms with Gasteiger partial charge in [-0.3, -0.25) is 4.79 Å². The van der Waals surface area contributed by atoms with Gasteiger partial charge in [-0.15, -0.1) is 12.4 Å². The van der Waals surface area contributed by atoms with Crippen molar-refractivity contribution in [3.63, 3.8) is 0 Å². The minimum Gasteiger partial charge on any atom is -0.497 e. The maximum atomic E-state index is 12.8. The van der Waals surface area contributed by atoms with Crippen molar-refractivity contribution in [2.75, 3.05) is 12.4 Å². The standard InChI is InChI=1S/C16H11F6NO2.ClH/c1-25-13-7-11(16(20,21)22)6-12(8-13)23-14(24)9-3-2-4-10(5-9)15(17,18)19;/h2-8H,1H3,(H,23,24);1H. The first-order valence-corrected chi connectivity index (χ1v) is 6.75. The van der Waals surface area contributed by atoms with Crippen molar-refractivity contribution < 1.29 is 35.9 Å². The van der Waals surface area contributed by atoms with Gasteiger partial charge in [-0.1, -0.05) is 6.07 Å². The molecule has 0 saturated heterocycles. The van der Waals surface area contributed by atoms with Crippen LogP contribution in [0.15, 0.2) is 42.5 Å². The van der Waals surface area contributed by atoms with E-state index in [0.29, 0.717) is 12.1 Å². The summed E-state index contributed by atoms with van der Waals surface area (Å²) in [5, 5.41) is 2.14. The average Bonchev–Trinajstić information content (AvgIpc) is 2.53. The fraction of sp³-hybridized carbons (Fsp3) is 0.188. The molecular formula is C16H12ClF6NO2. The maximum absolute atomic E-state index is 12.8. The van der Waals surface area contributed by atoms with Crippen LogP contribution in [0.5, 0.6) is 5.75 Å². The molecule has 2 aromatic carbocycles. The SMILES string of the molecule is COc1cc(NC(=O)c2cccc(C(F)(F)F)c2)cc(C(F)(F)F)c1.Cl. The molecular weight excluding hydrogens is 388 g/mol. The van der Waals surface area contributed by atoms with E-state index in [1.807, 2.05) is 0 Å². The van der Waals surface area contributed by atoms with Gasteiger partial charge in [-0.05, 0) is 30.3 Å². The van der Waals surface area contributed by atoms with Crippen LogP contribution in [0.4, 0.5) is 32.0 Å². The highest BCUT2D eigenvalue weighted by Gasteiger charge is 2.32. The van der Waals surface area contributed by atoms with Crippen LogP contribution < -0.4 is 10.1 Å². The molecule has 0 aliphatic rings. The van der Waals surface area contributed by atoms with Crippen LogP contribution in [0.25, 0.3) is 0 Å². The van der Waals surface area contributed by atoms with Gasteiger partial charge in [0.2, 0.25) is 0 Å². The van der Waals surface area contributed by atoms with Crippen LogP contribution in [0.1, 0.15) is 21.5 Å². The van der Waals surface area contributed by atoms with Gasteiger partial charge in [0.05, 0.1) is 18.2 Å². The molecule has 3 nitrogen and oxygen atoms in total. The van der Waals surface area contributed by atoms with Crippen molar-refractivity contribution in [3.8, 4) is 5.75 Å².